The van der Waals surface area contributed by atoms with E-state index in [0.29, 0.717) is 16.1 Å². The topological polar surface area (TPSA) is 46.2 Å². The molecule has 0 amide bonds. The number of thiophene rings is 1. The Hall–Kier alpha value is -2.27. The highest BCUT2D eigenvalue weighted by atomic mass is 32.1. The number of hydrogen-bond acceptors (Lipinski definition) is 4. The van der Waals surface area contributed by atoms with E-state index in [4.69, 9.17) is 0 Å². The summed E-state index contributed by atoms with van der Waals surface area (Å²) in [4.78, 5) is 24.4. The lowest BCUT2D eigenvalue weighted by atomic mass is 10.0. The fourth-order valence-electron chi connectivity index (χ4n) is 1.90. The molecule has 0 aliphatic heterocycles. The predicted octanol–water partition coefficient (Wildman–Crippen LogP) is 3.26. The van der Waals surface area contributed by atoms with Gasteiger partial charge in [0, 0.05) is 17.3 Å². The van der Waals surface area contributed by atoms with Crippen molar-refractivity contribution in [3.05, 3.63) is 63.7 Å². The van der Waals surface area contributed by atoms with E-state index in [1.54, 1.807) is 17.5 Å². The summed E-state index contributed by atoms with van der Waals surface area (Å²) >= 11 is 1.25. The number of rotatable bonds is 2. The maximum atomic E-state index is 13.1. The Morgan fingerprint density at radius 2 is 2.00 bits per heavy atom. The van der Waals surface area contributed by atoms with Crippen molar-refractivity contribution in [2.45, 2.75) is 0 Å². The molecule has 5 heteroatoms. The van der Waals surface area contributed by atoms with E-state index in [2.05, 4.69) is 5.32 Å². The van der Waals surface area contributed by atoms with Gasteiger partial charge in [0.05, 0.1) is 10.6 Å². The number of benzene rings is 1. The molecule has 0 spiro atoms. The highest BCUT2D eigenvalue weighted by molar-refractivity contribution is 7.12. The van der Waals surface area contributed by atoms with Gasteiger partial charge in [0.15, 0.2) is 5.78 Å². The molecule has 1 aromatic heterocycles. The lowest BCUT2D eigenvalue weighted by molar-refractivity contribution is 0.0988. The number of fused-ring (bicyclic) bond motifs is 1. The van der Waals surface area contributed by atoms with Crippen LogP contribution in [0.2, 0.25) is 0 Å². The number of halogens is 1. The van der Waals surface area contributed by atoms with Crippen LogP contribution >= 0.6 is 11.3 Å². The smallest absolute Gasteiger partial charge is 0.210 e. The van der Waals surface area contributed by atoms with E-state index in [0.717, 1.165) is 0 Å². The number of allylic oxidation sites excluding steroid dienone is 2. The fourth-order valence-corrected chi connectivity index (χ4v) is 2.70. The SMILES string of the molecule is O=C1C(Nc2cccc(F)c2)=CC(=O)c2sccc21. The second-order valence-electron chi connectivity index (χ2n) is 4.05. The van der Waals surface area contributed by atoms with Crippen LogP contribution in [0.3, 0.4) is 0 Å². The number of carbonyl (C=O) groups excluding carboxylic acids is 2. The molecule has 1 aliphatic carbocycles. The maximum absolute atomic E-state index is 13.1. The molecule has 0 radical (unpaired) electrons. The van der Waals surface area contributed by atoms with Crippen molar-refractivity contribution in [1.29, 1.82) is 0 Å². The molecule has 3 nitrogen and oxygen atoms in total. The second-order valence-corrected chi connectivity index (χ2v) is 4.97. The molecule has 0 bridgehead atoms. The van der Waals surface area contributed by atoms with Crippen LogP contribution in [-0.2, 0) is 0 Å². The van der Waals surface area contributed by atoms with Crippen molar-refractivity contribution in [2.24, 2.45) is 0 Å². The first-order valence-corrected chi connectivity index (χ1v) is 6.44. The highest BCUT2D eigenvalue weighted by Crippen LogP contribution is 2.26. The Balaban J connectivity index is 1.94. The number of hydrogen-bond donors (Lipinski definition) is 1. The number of carbonyl (C=O) groups is 2. The number of ketones is 2. The summed E-state index contributed by atoms with van der Waals surface area (Å²) in [5.41, 5.74) is 1.00. The average molecular weight is 273 g/mol. The molecular formula is C14H8FNO2S. The summed E-state index contributed by atoms with van der Waals surface area (Å²) in [5, 5.41) is 4.50. The molecule has 19 heavy (non-hydrogen) atoms. The molecule has 0 atom stereocenters. The lowest BCUT2D eigenvalue weighted by Crippen LogP contribution is -2.19. The molecule has 2 aromatic rings. The summed E-state index contributed by atoms with van der Waals surface area (Å²) in [6.07, 6.45) is 1.26. The van der Waals surface area contributed by atoms with E-state index in [1.807, 2.05) is 0 Å². The standard InChI is InChI=1S/C14H8FNO2S/c15-8-2-1-3-9(6-8)16-11-7-12(17)14-10(13(11)18)4-5-19-14/h1-7,16H. The largest absolute Gasteiger partial charge is 0.352 e. The van der Waals surface area contributed by atoms with Gasteiger partial charge in [-0.15, -0.1) is 11.3 Å². The number of Topliss-reactive ketones (excluding diaryl/α,β-unsaturated/α-hetero) is 1. The minimum atomic E-state index is -0.406. The molecule has 1 N–H and O–H groups in total. The van der Waals surface area contributed by atoms with Crippen molar-refractivity contribution >= 4 is 28.6 Å². The molecule has 1 aromatic carbocycles. The van der Waals surface area contributed by atoms with Crippen LogP contribution < -0.4 is 5.32 Å². The molecular weight excluding hydrogens is 265 g/mol. The van der Waals surface area contributed by atoms with E-state index < -0.39 is 5.82 Å². The van der Waals surface area contributed by atoms with Gasteiger partial charge in [-0.25, -0.2) is 4.39 Å². The lowest BCUT2D eigenvalue weighted by Gasteiger charge is -2.13. The van der Waals surface area contributed by atoms with Crippen molar-refractivity contribution in [2.75, 3.05) is 5.32 Å². The molecule has 1 aliphatic rings. The van der Waals surface area contributed by atoms with E-state index in [-0.39, 0.29) is 17.3 Å². The third kappa shape index (κ3) is 2.08. The third-order valence-corrected chi connectivity index (χ3v) is 3.69. The normalized spacial score (nSPS) is 14.1. The number of anilines is 1. The first-order valence-electron chi connectivity index (χ1n) is 5.56. The molecule has 1 heterocycles. The van der Waals surface area contributed by atoms with Gasteiger partial charge < -0.3 is 5.32 Å². The van der Waals surface area contributed by atoms with Crippen LogP contribution in [0, 0.1) is 5.82 Å². The van der Waals surface area contributed by atoms with Gasteiger partial charge >= 0.3 is 0 Å². The van der Waals surface area contributed by atoms with Gasteiger partial charge in [-0.1, -0.05) is 6.07 Å². The van der Waals surface area contributed by atoms with Gasteiger partial charge in [0.2, 0.25) is 5.78 Å². The van der Waals surface area contributed by atoms with Crippen LogP contribution in [0.1, 0.15) is 20.0 Å². The summed E-state index contributed by atoms with van der Waals surface area (Å²) in [6.45, 7) is 0. The summed E-state index contributed by atoms with van der Waals surface area (Å²) < 4.78 is 13.1. The highest BCUT2D eigenvalue weighted by Gasteiger charge is 2.26. The minimum absolute atomic E-state index is 0.168. The second kappa shape index (κ2) is 4.44. The Labute approximate surface area is 112 Å². The zero-order valence-corrected chi connectivity index (χ0v) is 10.5. The quantitative estimate of drug-likeness (QED) is 0.913. The first kappa shape index (κ1) is 11.8. The first-order chi connectivity index (χ1) is 9.15. The number of nitrogens with one attached hydrogen (secondary N) is 1. The third-order valence-electron chi connectivity index (χ3n) is 2.76. The van der Waals surface area contributed by atoms with Gasteiger partial charge in [0.1, 0.15) is 5.82 Å². The van der Waals surface area contributed by atoms with Crippen LogP contribution in [0.25, 0.3) is 0 Å². The van der Waals surface area contributed by atoms with Crippen molar-refractivity contribution in [3.8, 4) is 0 Å². The van der Waals surface area contributed by atoms with Crippen LogP contribution in [0.5, 0.6) is 0 Å². The molecule has 0 saturated heterocycles. The zero-order chi connectivity index (χ0) is 13.4. The molecule has 94 valence electrons. The van der Waals surface area contributed by atoms with E-state index in [1.165, 1.54) is 35.6 Å². The van der Waals surface area contributed by atoms with Gasteiger partial charge in [-0.2, -0.15) is 0 Å². The summed E-state index contributed by atoms with van der Waals surface area (Å²) in [7, 11) is 0. The Morgan fingerprint density at radius 1 is 1.16 bits per heavy atom. The molecule has 0 unspecified atom stereocenters. The van der Waals surface area contributed by atoms with Gasteiger partial charge in [-0.05, 0) is 29.6 Å². The zero-order valence-electron chi connectivity index (χ0n) is 9.64. The minimum Gasteiger partial charge on any atom is -0.352 e. The van der Waals surface area contributed by atoms with Crippen LogP contribution in [0.4, 0.5) is 10.1 Å². The molecule has 0 saturated carbocycles. The maximum Gasteiger partial charge on any atom is 0.210 e. The van der Waals surface area contributed by atoms with Crippen LogP contribution in [-0.4, -0.2) is 11.6 Å². The van der Waals surface area contributed by atoms with Gasteiger partial charge in [0.25, 0.3) is 0 Å². The van der Waals surface area contributed by atoms with E-state index in [9.17, 15) is 14.0 Å². The monoisotopic (exact) mass is 273 g/mol. The Bertz CT molecular complexity index is 718. The summed E-state index contributed by atoms with van der Waals surface area (Å²) in [5.74, 6) is -0.861. The Kier molecular flexibility index (Phi) is 2.76. The van der Waals surface area contributed by atoms with E-state index >= 15 is 0 Å². The predicted molar refractivity (Wildman–Crippen MR) is 71.1 cm³/mol. The summed E-state index contributed by atoms with van der Waals surface area (Å²) in [6, 6.07) is 7.36. The van der Waals surface area contributed by atoms with Gasteiger partial charge in [-0.3, -0.25) is 9.59 Å². The van der Waals surface area contributed by atoms with Crippen LogP contribution in [0.15, 0.2) is 47.5 Å². The van der Waals surface area contributed by atoms with Crippen molar-refractivity contribution in [1.82, 2.24) is 0 Å². The fraction of sp³-hybridized carbons (Fsp3) is 0. The average Bonchev–Trinajstić information content (AvgIpc) is 2.85. The van der Waals surface area contributed by atoms with Crippen molar-refractivity contribution in [3.63, 3.8) is 0 Å². The molecule has 3 rings (SSSR count). The van der Waals surface area contributed by atoms with Crippen molar-refractivity contribution < 1.29 is 14.0 Å². The molecule has 0 fully saturated rings. The Morgan fingerprint density at radius 3 is 2.79 bits per heavy atom.